The van der Waals surface area contributed by atoms with E-state index in [1.807, 2.05) is 25.2 Å². The Hall–Kier alpha value is -3.24. The van der Waals surface area contributed by atoms with E-state index in [2.05, 4.69) is 5.32 Å². The van der Waals surface area contributed by atoms with Gasteiger partial charge < -0.3 is 10.1 Å². The molecule has 2 aromatic carbocycles. The van der Waals surface area contributed by atoms with Crippen LogP contribution in [0.1, 0.15) is 27.0 Å². The molecule has 0 fully saturated rings. The molecule has 0 unspecified atom stereocenters. The highest BCUT2D eigenvalue weighted by Gasteiger charge is 2.17. The van der Waals surface area contributed by atoms with Gasteiger partial charge in [0, 0.05) is 5.69 Å². The Bertz CT molecular complexity index is 1080. The molecule has 0 aromatic heterocycles. The van der Waals surface area contributed by atoms with Gasteiger partial charge in [-0.25, -0.2) is 23.1 Å². The molecule has 10 heteroatoms. The van der Waals surface area contributed by atoms with Gasteiger partial charge in [-0.1, -0.05) is 18.2 Å². The number of nitrogens with two attached hydrogens (primary N) is 1. The van der Waals surface area contributed by atoms with Gasteiger partial charge in [0.05, 0.1) is 10.5 Å². The zero-order chi connectivity index (χ0) is 21.8. The third kappa shape index (κ3) is 5.87. The third-order valence-corrected chi connectivity index (χ3v) is 5.22. The molecule has 154 valence electrons. The van der Waals surface area contributed by atoms with Gasteiger partial charge >= 0.3 is 12.0 Å². The quantitative estimate of drug-likeness (QED) is 0.630. The average molecular weight is 419 g/mol. The van der Waals surface area contributed by atoms with Crippen molar-refractivity contribution in [3.8, 4) is 0 Å². The Balaban J connectivity index is 1.94. The van der Waals surface area contributed by atoms with E-state index in [0.29, 0.717) is 11.3 Å². The van der Waals surface area contributed by atoms with E-state index in [9.17, 15) is 22.8 Å². The first-order valence-corrected chi connectivity index (χ1v) is 10.0. The molecule has 0 saturated heterocycles. The van der Waals surface area contributed by atoms with E-state index < -0.39 is 34.5 Å². The van der Waals surface area contributed by atoms with Gasteiger partial charge in [0.1, 0.15) is 0 Å². The summed E-state index contributed by atoms with van der Waals surface area (Å²) in [6, 6.07) is 8.37. The van der Waals surface area contributed by atoms with E-state index in [4.69, 9.17) is 9.88 Å². The van der Waals surface area contributed by atoms with Gasteiger partial charge in [0.15, 0.2) is 6.61 Å². The zero-order valence-electron chi connectivity index (χ0n) is 16.1. The van der Waals surface area contributed by atoms with Crippen LogP contribution >= 0.6 is 0 Å². The van der Waals surface area contributed by atoms with Crippen LogP contribution in [-0.4, -0.2) is 32.9 Å². The number of nitrogens with one attached hydrogen (secondary N) is 2. The minimum atomic E-state index is -4.01. The first kappa shape index (κ1) is 22.1. The van der Waals surface area contributed by atoms with Gasteiger partial charge in [0.25, 0.3) is 5.91 Å². The number of primary sulfonamides is 1. The van der Waals surface area contributed by atoms with Crippen molar-refractivity contribution in [1.82, 2.24) is 5.32 Å². The molecule has 0 atom stereocenters. The summed E-state index contributed by atoms with van der Waals surface area (Å²) < 4.78 is 27.9. The lowest BCUT2D eigenvalue weighted by atomic mass is 10.1. The van der Waals surface area contributed by atoms with Crippen molar-refractivity contribution in [2.45, 2.75) is 25.7 Å². The van der Waals surface area contributed by atoms with Crippen molar-refractivity contribution in [2.24, 2.45) is 5.14 Å². The summed E-state index contributed by atoms with van der Waals surface area (Å²) in [5, 5.41) is 9.68. The lowest BCUT2D eigenvalue weighted by molar-refractivity contribution is -0.123. The molecule has 2 rings (SSSR count). The van der Waals surface area contributed by atoms with Gasteiger partial charge in [-0.2, -0.15) is 0 Å². The molecule has 0 bridgehead atoms. The van der Waals surface area contributed by atoms with Crippen LogP contribution in [0.25, 0.3) is 0 Å². The van der Waals surface area contributed by atoms with Crippen molar-refractivity contribution >= 4 is 33.6 Å². The van der Waals surface area contributed by atoms with E-state index in [-0.39, 0.29) is 10.5 Å². The van der Waals surface area contributed by atoms with Crippen LogP contribution in [0.3, 0.4) is 0 Å². The number of urea groups is 1. The molecule has 0 heterocycles. The summed E-state index contributed by atoms with van der Waals surface area (Å²) in [5.41, 5.74) is 2.64. The molecule has 0 aliphatic carbocycles. The lowest BCUT2D eigenvalue weighted by Gasteiger charge is -2.11. The molecule has 3 amide bonds. The fraction of sp³-hybridized carbons (Fsp3) is 0.211. The monoisotopic (exact) mass is 419 g/mol. The number of carbonyl (C=O) groups excluding carboxylic acids is 3. The zero-order valence-corrected chi connectivity index (χ0v) is 16.9. The first-order chi connectivity index (χ1) is 13.5. The van der Waals surface area contributed by atoms with Crippen molar-refractivity contribution in [1.29, 1.82) is 0 Å². The standard InChI is InChI=1S/C19H21N3O6S/c1-11-5-4-6-15(13(11)3)21-19(25)22-17(23)10-28-18(24)14-8-7-12(2)16(9-14)29(20,26)27/h4-9H,10H2,1-3H3,(H2,20,26,27)(H2,21,22,23,25). The second kappa shape index (κ2) is 8.84. The minimum Gasteiger partial charge on any atom is -0.452 e. The topological polar surface area (TPSA) is 145 Å². The van der Waals surface area contributed by atoms with Crippen LogP contribution in [0, 0.1) is 20.8 Å². The van der Waals surface area contributed by atoms with Crippen LogP contribution < -0.4 is 15.8 Å². The predicted octanol–water partition coefficient (Wildman–Crippen LogP) is 1.76. The van der Waals surface area contributed by atoms with E-state index in [1.165, 1.54) is 19.1 Å². The van der Waals surface area contributed by atoms with Crippen LogP contribution in [0.4, 0.5) is 10.5 Å². The molecule has 0 radical (unpaired) electrons. The molecule has 29 heavy (non-hydrogen) atoms. The number of anilines is 1. The van der Waals surface area contributed by atoms with Crippen molar-refractivity contribution in [2.75, 3.05) is 11.9 Å². The highest BCUT2D eigenvalue weighted by Crippen LogP contribution is 2.18. The second-order valence-corrected chi connectivity index (χ2v) is 7.88. The van der Waals surface area contributed by atoms with Crippen LogP contribution in [0.15, 0.2) is 41.3 Å². The fourth-order valence-corrected chi connectivity index (χ4v) is 3.26. The SMILES string of the molecule is Cc1ccc(C(=O)OCC(=O)NC(=O)Nc2cccc(C)c2C)cc1S(N)(=O)=O. The highest BCUT2D eigenvalue weighted by molar-refractivity contribution is 7.89. The number of carbonyl (C=O) groups is 3. The number of sulfonamides is 1. The number of hydrogen-bond donors (Lipinski definition) is 3. The summed E-state index contributed by atoms with van der Waals surface area (Å²) in [5.74, 6) is -1.78. The Morgan fingerprint density at radius 2 is 1.72 bits per heavy atom. The van der Waals surface area contributed by atoms with E-state index in [0.717, 1.165) is 17.2 Å². The van der Waals surface area contributed by atoms with Crippen LogP contribution in [-0.2, 0) is 19.6 Å². The number of rotatable bonds is 5. The Morgan fingerprint density at radius 1 is 1.03 bits per heavy atom. The number of aryl methyl sites for hydroxylation is 2. The van der Waals surface area contributed by atoms with Gasteiger partial charge in [0.2, 0.25) is 10.0 Å². The Kier molecular flexibility index (Phi) is 6.72. The predicted molar refractivity (Wildman–Crippen MR) is 106 cm³/mol. The van der Waals surface area contributed by atoms with Crippen molar-refractivity contribution in [3.63, 3.8) is 0 Å². The maximum atomic E-state index is 12.1. The molecule has 0 aliphatic rings. The fourth-order valence-electron chi connectivity index (χ4n) is 2.45. The third-order valence-electron chi connectivity index (χ3n) is 4.17. The molecule has 9 nitrogen and oxygen atoms in total. The first-order valence-electron chi connectivity index (χ1n) is 8.46. The second-order valence-electron chi connectivity index (χ2n) is 6.35. The number of hydrogen-bond acceptors (Lipinski definition) is 6. The smallest absolute Gasteiger partial charge is 0.338 e. The van der Waals surface area contributed by atoms with Gasteiger partial charge in [-0.3, -0.25) is 10.1 Å². The molecular weight excluding hydrogens is 398 g/mol. The summed E-state index contributed by atoms with van der Waals surface area (Å²) in [6.45, 7) is 4.51. The average Bonchev–Trinajstić information content (AvgIpc) is 2.63. The van der Waals surface area contributed by atoms with Crippen molar-refractivity contribution < 1.29 is 27.5 Å². The molecule has 0 aliphatic heterocycles. The highest BCUT2D eigenvalue weighted by atomic mass is 32.2. The molecule has 0 saturated carbocycles. The number of imide groups is 1. The maximum absolute atomic E-state index is 12.1. The van der Waals surface area contributed by atoms with E-state index in [1.54, 1.807) is 12.1 Å². The maximum Gasteiger partial charge on any atom is 0.338 e. The van der Waals surface area contributed by atoms with E-state index >= 15 is 0 Å². The van der Waals surface area contributed by atoms with Gasteiger partial charge in [-0.05, 0) is 55.7 Å². The normalized spacial score (nSPS) is 10.9. The van der Waals surface area contributed by atoms with Crippen molar-refractivity contribution in [3.05, 3.63) is 58.7 Å². The largest absolute Gasteiger partial charge is 0.452 e. The molecule has 4 N–H and O–H groups in total. The lowest BCUT2D eigenvalue weighted by Crippen LogP contribution is -2.37. The number of benzene rings is 2. The number of ether oxygens (including phenoxy) is 1. The number of amides is 3. The summed E-state index contributed by atoms with van der Waals surface area (Å²) in [6.07, 6.45) is 0. The summed E-state index contributed by atoms with van der Waals surface area (Å²) >= 11 is 0. The Morgan fingerprint density at radius 3 is 2.38 bits per heavy atom. The Labute approximate surface area is 168 Å². The summed E-state index contributed by atoms with van der Waals surface area (Å²) in [4.78, 5) is 35.6. The minimum absolute atomic E-state index is 0.0905. The molecular formula is C19H21N3O6S. The summed E-state index contributed by atoms with van der Waals surface area (Å²) in [7, 11) is -4.01. The number of esters is 1. The molecule has 2 aromatic rings. The van der Waals surface area contributed by atoms with Gasteiger partial charge in [-0.15, -0.1) is 0 Å². The van der Waals surface area contributed by atoms with Crippen LogP contribution in [0.5, 0.6) is 0 Å². The molecule has 0 spiro atoms. The van der Waals surface area contributed by atoms with Crippen LogP contribution in [0.2, 0.25) is 0 Å².